The molecule has 1 N–H and O–H groups in total. The fourth-order valence-corrected chi connectivity index (χ4v) is 3.52. The highest BCUT2D eigenvalue weighted by atomic mass is 35.5. The molecule has 0 spiro atoms. The Labute approximate surface area is 175 Å². The van der Waals surface area contributed by atoms with Crippen molar-refractivity contribution in [3.63, 3.8) is 0 Å². The third-order valence-electron chi connectivity index (χ3n) is 4.44. The summed E-state index contributed by atoms with van der Waals surface area (Å²) in [5.74, 6) is 0.370. The highest BCUT2D eigenvalue weighted by Gasteiger charge is 2.16. The van der Waals surface area contributed by atoms with Crippen molar-refractivity contribution in [2.75, 3.05) is 30.8 Å². The lowest BCUT2D eigenvalue weighted by Crippen LogP contribution is -2.28. The van der Waals surface area contributed by atoms with Gasteiger partial charge in [0.05, 0.1) is 29.1 Å². The van der Waals surface area contributed by atoms with Crippen LogP contribution in [-0.2, 0) is 10.0 Å². The average molecular weight is 433 g/mol. The molecule has 0 radical (unpaired) electrons. The number of halogens is 1. The van der Waals surface area contributed by atoms with Crippen LogP contribution in [0.25, 0.3) is 10.8 Å². The number of carbonyl (C=O) groups is 1. The first-order valence-electron chi connectivity index (χ1n) is 8.89. The monoisotopic (exact) mass is 432 g/mol. The number of rotatable bonds is 7. The molecule has 0 fully saturated rings. The Bertz CT molecular complexity index is 1150. The van der Waals surface area contributed by atoms with Gasteiger partial charge in [-0.3, -0.25) is 9.10 Å². The maximum absolute atomic E-state index is 12.3. The van der Waals surface area contributed by atoms with E-state index >= 15 is 0 Å². The van der Waals surface area contributed by atoms with Gasteiger partial charge in [-0.05, 0) is 41.1 Å². The molecule has 0 heterocycles. The first-order valence-corrected chi connectivity index (χ1v) is 11.1. The highest BCUT2D eigenvalue weighted by molar-refractivity contribution is 7.92. The minimum absolute atomic E-state index is 0.172. The molecule has 0 saturated heterocycles. The number of nitrogens with zero attached hydrogens (tertiary/aromatic N) is 1. The van der Waals surface area contributed by atoms with Crippen molar-refractivity contribution >= 4 is 44.0 Å². The molecule has 8 heteroatoms. The number of amides is 1. The molecule has 29 heavy (non-hydrogen) atoms. The van der Waals surface area contributed by atoms with Crippen LogP contribution in [0.3, 0.4) is 0 Å². The molecule has 0 aromatic heterocycles. The number of benzene rings is 3. The summed E-state index contributed by atoms with van der Waals surface area (Å²) in [6.07, 6.45) is 1.09. The van der Waals surface area contributed by atoms with E-state index in [4.69, 9.17) is 16.3 Å². The van der Waals surface area contributed by atoms with Crippen LogP contribution in [0, 0.1) is 0 Å². The van der Waals surface area contributed by atoms with E-state index in [-0.39, 0.29) is 16.5 Å². The van der Waals surface area contributed by atoms with Crippen molar-refractivity contribution in [2.24, 2.45) is 0 Å². The Hall–Kier alpha value is -2.77. The summed E-state index contributed by atoms with van der Waals surface area (Å²) in [7, 11) is -1.98. The Balaban J connectivity index is 1.56. The van der Waals surface area contributed by atoms with Crippen molar-refractivity contribution in [1.29, 1.82) is 0 Å². The highest BCUT2D eigenvalue weighted by Crippen LogP contribution is 2.24. The van der Waals surface area contributed by atoms with Crippen LogP contribution in [0.2, 0.25) is 5.02 Å². The Kier molecular flexibility index (Phi) is 6.30. The first-order chi connectivity index (χ1) is 13.8. The lowest BCUT2D eigenvalue weighted by atomic mass is 10.1. The van der Waals surface area contributed by atoms with Gasteiger partial charge in [-0.2, -0.15) is 0 Å². The Morgan fingerprint density at radius 3 is 2.48 bits per heavy atom. The van der Waals surface area contributed by atoms with Crippen LogP contribution in [0.5, 0.6) is 5.75 Å². The lowest BCUT2D eigenvalue weighted by molar-refractivity contribution is 0.0947. The zero-order chi connectivity index (χ0) is 21.0. The van der Waals surface area contributed by atoms with Gasteiger partial charge < -0.3 is 10.1 Å². The van der Waals surface area contributed by atoms with Crippen molar-refractivity contribution in [3.8, 4) is 5.75 Å². The molecule has 1 amide bonds. The van der Waals surface area contributed by atoms with Gasteiger partial charge >= 0.3 is 0 Å². The zero-order valence-corrected chi connectivity index (χ0v) is 17.6. The van der Waals surface area contributed by atoms with Gasteiger partial charge in [-0.15, -0.1) is 0 Å². The van der Waals surface area contributed by atoms with Gasteiger partial charge in [0.25, 0.3) is 5.91 Å². The summed E-state index contributed by atoms with van der Waals surface area (Å²) in [5.41, 5.74) is 0.650. The van der Waals surface area contributed by atoms with Crippen LogP contribution >= 0.6 is 11.6 Å². The molecular weight excluding hydrogens is 412 g/mol. The summed E-state index contributed by atoms with van der Waals surface area (Å²) in [4.78, 5) is 12.3. The molecule has 3 aromatic rings. The van der Waals surface area contributed by atoms with E-state index in [0.29, 0.717) is 18.8 Å². The molecule has 3 aromatic carbocycles. The van der Waals surface area contributed by atoms with E-state index in [0.717, 1.165) is 27.1 Å². The SMILES string of the molecule is CN(c1ccc(C(=O)NCCOc2ccc3ccccc3c2)c(Cl)c1)S(C)(=O)=O. The second-order valence-electron chi connectivity index (χ2n) is 6.51. The summed E-state index contributed by atoms with van der Waals surface area (Å²) in [5, 5.41) is 5.13. The van der Waals surface area contributed by atoms with E-state index in [1.165, 1.54) is 25.2 Å². The van der Waals surface area contributed by atoms with Crippen LogP contribution in [0.1, 0.15) is 10.4 Å². The zero-order valence-electron chi connectivity index (χ0n) is 16.1. The largest absolute Gasteiger partial charge is 0.492 e. The standard InChI is InChI=1S/C21H21ClN2O4S/c1-24(29(2,26)27)17-8-10-19(20(22)14-17)21(25)23-11-12-28-18-9-7-15-5-3-4-6-16(15)13-18/h3-10,13-14H,11-12H2,1-2H3,(H,23,25). The van der Waals surface area contributed by atoms with E-state index in [2.05, 4.69) is 5.32 Å². The van der Waals surface area contributed by atoms with Crippen LogP contribution in [-0.4, -0.2) is 40.8 Å². The molecule has 3 rings (SSSR count). The molecule has 0 bridgehead atoms. The van der Waals surface area contributed by atoms with Crippen LogP contribution in [0.15, 0.2) is 60.7 Å². The number of ether oxygens (including phenoxy) is 1. The predicted molar refractivity (Wildman–Crippen MR) is 116 cm³/mol. The summed E-state index contributed by atoms with van der Waals surface area (Å²) in [6.45, 7) is 0.601. The maximum Gasteiger partial charge on any atom is 0.252 e. The molecule has 0 saturated carbocycles. The second kappa shape index (κ2) is 8.71. The molecule has 0 aliphatic carbocycles. The van der Waals surface area contributed by atoms with E-state index in [1.807, 2.05) is 42.5 Å². The Morgan fingerprint density at radius 2 is 1.79 bits per heavy atom. The minimum atomic E-state index is -3.41. The smallest absolute Gasteiger partial charge is 0.252 e. The molecule has 6 nitrogen and oxygen atoms in total. The van der Waals surface area contributed by atoms with Crippen LogP contribution < -0.4 is 14.4 Å². The van der Waals surface area contributed by atoms with Crippen molar-refractivity contribution in [3.05, 3.63) is 71.2 Å². The van der Waals surface area contributed by atoms with E-state index < -0.39 is 10.0 Å². The minimum Gasteiger partial charge on any atom is -0.492 e. The topological polar surface area (TPSA) is 75.7 Å². The number of nitrogens with one attached hydrogen (secondary N) is 1. The second-order valence-corrected chi connectivity index (χ2v) is 8.93. The van der Waals surface area contributed by atoms with Gasteiger partial charge in [0.2, 0.25) is 10.0 Å². The normalized spacial score (nSPS) is 11.3. The first kappa shape index (κ1) is 21.0. The number of fused-ring (bicyclic) bond motifs is 1. The quantitative estimate of drug-likeness (QED) is 0.577. The average Bonchev–Trinajstić information content (AvgIpc) is 2.69. The van der Waals surface area contributed by atoms with Crippen LogP contribution in [0.4, 0.5) is 5.69 Å². The lowest BCUT2D eigenvalue weighted by Gasteiger charge is -2.17. The Morgan fingerprint density at radius 1 is 1.07 bits per heavy atom. The van der Waals surface area contributed by atoms with Crippen molar-refractivity contribution in [2.45, 2.75) is 0 Å². The molecule has 0 unspecified atom stereocenters. The van der Waals surface area contributed by atoms with Gasteiger partial charge in [-0.25, -0.2) is 8.42 Å². The fraction of sp³-hybridized carbons (Fsp3) is 0.190. The van der Waals surface area contributed by atoms with Gasteiger partial charge in [0.15, 0.2) is 0 Å². The fourth-order valence-electron chi connectivity index (χ4n) is 2.76. The molecule has 152 valence electrons. The third-order valence-corrected chi connectivity index (χ3v) is 5.95. The summed E-state index contributed by atoms with van der Waals surface area (Å²) in [6, 6.07) is 18.3. The maximum atomic E-state index is 12.3. The van der Waals surface area contributed by atoms with Gasteiger partial charge in [0, 0.05) is 7.05 Å². The number of hydrogen-bond acceptors (Lipinski definition) is 4. The summed E-state index contributed by atoms with van der Waals surface area (Å²) >= 11 is 6.17. The third kappa shape index (κ3) is 5.19. The molecule has 0 aliphatic heterocycles. The van der Waals surface area contributed by atoms with Crippen molar-refractivity contribution in [1.82, 2.24) is 5.32 Å². The van der Waals surface area contributed by atoms with Gasteiger partial charge in [0.1, 0.15) is 12.4 Å². The summed E-state index contributed by atoms with van der Waals surface area (Å²) < 4.78 is 30.0. The molecule has 0 atom stereocenters. The predicted octanol–water partition coefficient (Wildman–Crippen LogP) is 3.70. The van der Waals surface area contributed by atoms with E-state index in [1.54, 1.807) is 0 Å². The number of anilines is 1. The van der Waals surface area contributed by atoms with Crippen molar-refractivity contribution < 1.29 is 17.9 Å². The van der Waals surface area contributed by atoms with E-state index in [9.17, 15) is 13.2 Å². The number of hydrogen-bond donors (Lipinski definition) is 1. The number of sulfonamides is 1. The molecular formula is C21H21ClN2O4S. The molecule has 0 aliphatic rings. The number of carbonyl (C=O) groups excluding carboxylic acids is 1. The van der Waals surface area contributed by atoms with Gasteiger partial charge in [-0.1, -0.05) is 41.9 Å².